The Balaban J connectivity index is 1.72. The molecular formula is C16H21N3O. The standard InChI is InChI=1S/C16H21N3O/c1-2-14(17)10-15-18-16(20-19-15)13-8-7-11-5-3-4-6-12(11)9-13/h3-6,13-14H,2,7-10,17H2,1H3. The normalized spacial score (nSPS) is 19.6. The fourth-order valence-corrected chi connectivity index (χ4v) is 2.80. The van der Waals surface area contributed by atoms with Gasteiger partial charge in [0.15, 0.2) is 5.82 Å². The zero-order valence-corrected chi connectivity index (χ0v) is 11.9. The van der Waals surface area contributed by atoms with Crippen molar-refractivity contribution in [3.8, 4) is 0 Å². The zero-order chi connectivity index (χ0) is 13.9. The van der Waals surface area contributed by atoms with E-state index in [9.17, 15) is 0 Å². The number of aryl methyl sites for hydroxylation is 1. The van der Waals surface area contributed by atoms with E-state index in [1.54, 1.807) is 0 Å². The van der Waals surface area contributed by atoms with Crippen LogP contribution in [0.2, 0.25) is 0 Å². The molecule has 2 N–H and O–H groups in total. The molecule has 0 radical (unpaired) electrons. The van der Waals surface area contributed by atoms with E-state index < -0.39 is 0 Å². The lowest BCUT2D eigenvalue weighted by Gasteiger charge is -2.21. The summed E-state index contributed by atoms with van der Waals surface area (Å²) in [7, 11) is 0. The summed E-state index contributed by atoms with van der Waals surface area (Å²) in [4.78, 5) is 4.54. The van der Waals surface area contributed by atoms with Gasteiger partial charge in [0.25, 0.3) is 0 Å². The first-order valence-corrected chi connectivity index (χ1v) is 7.41. The maximum atomic E-state index is 5.93. The van der Waals surface area contributed by atoms with E-state index in [4.69, 9.17) is 10.3 Å². The van der Waals surface area contributed by atoms with Gasteiger partial charge in [0.2, 0.25) is 5.89 Å². The molecule has 0 bridgehead atoms. The van der Waals surface area contributed by atoms with Crippen LogP contribution in [0, 0.1) is 0 Å². The lowest BCUT2D eigenvalue weighted by molar-refractivity contribution is 0.336. The van der Waals surface area contributed by atoms with E-state index in [1.165, 1.54) is 11.1 Å². The van der Waals surface area contributed by atoms with Gasteiger partial charge in [-0.15, -0.1) is 0 Å². The molecule has 2 atom stereocenters. The van der Waals surface area contributed by atoms with E-state index in [-0.39, 0.29) is 6.04 Å². The number of benzene rings is 1. The van der Waals surface area contributed by atoms with Gasteiger partial charge in [0, 0.05) is 18.4 Å². The molecule has 0 spiro atoms. The van der Waals surface area contributed by atoms with Crippen molar-refractivity contribution in [2.24, 2.45) is 5.73 Å². The second-order valence-corrected chi connectivity index (χ2v) is 5.63. The van der Waals surface area contributed by atoms with E-state index in [1.807, 2.05) is 0 Å². The Morgan fingerprint density at radius 1 is 1.35 bits per heavy atom. The Morgan fingerprint density at radius 2 is 2.15 bits per heavy atom. The third-order valence-electron chi connectivity index (χ3n) is 4.15. The van der Waals surface area contributed by atoms with Crippen molar-refractivity contribution in [3.05, 3.63) is 47.1 Å². The highest BCUT2D eigenvalue weighted by atomic mass is 16.5. The van der Waals surface area contributed by atoms with Gasteiger partial charge in [-0.3, -0.25) is 0 Å². The van der Waals surface area contributed by atoms with E-state index in [0.717, 1.165) is 37.4 Å². The summed E-state index contributed by atoms with van der Waals surface area (Å²) < 4.78 is 5.45. The van der Waals surface area contributed by atoms with Crippen molar-refractivity contribution in [2.75, 3.05) is 0 Å². The fraction of sp³-hybridized carbons (Fsp3) is 0.500. The van der Waals surface area contributed by atoms with Gasteiger partial charge in [-0.1, -0.05) is 36.3 Å². The first kappa shape index (κ1) is 13.3. The molecule has 0 saturated carbocycles. The van der Waals surface area contributed by atoms with Gasteiger partial charge in [0.1, 0.15) is 0 Å². The van der Waals surface area contributed by atoms with Crippen molar-refractivity contribution in [3.63, 3.8) is 0 Å². The van der Waals surface area contributed by atoms with Crippen LogP contribution in [0.5, 0.6) is 0 Å². The minimum absolute atomic E-state index is 0.118. The molecule has 0 saturated heterocycles. The van der Waals surface area contributed by atoms with Crippen molar-refractivity contribution in [1.82, 2.24) is 10.1 Å². The van der Waals surface area contributed by atoms with Crippen molar-refractivity contribution in [2.45, 2.75) is 51.0 Å². The fourth-order valence-electron chi connectivity index (χ4n) is 2.80. The smallest absolute Gasteiger partial charge is 0.230 e. The summed E-state index contributed by atoms with van der Waals surface area (Å²) in [5.41, 5.74) is 8.80. The highest BCUT2D eigenvalue weighted by Gasteiger charge is 2.24. The summed E-state index contributed by atoms with van der Waals surface area (Å²) in [5, 5.41) is 4.07. The van der Waals surface area contributed by atoms with Gasteiger partial charge < -0.3 is 10.3 Å². The molecule has 106 valence electrons. The molecule has 4 heteroatoms. The maximum absolute atomic E-state index is 5.93. The molecule has 0 fully saturated rings. The molecule has 1 heterocycles. The molecular weight excluding hydrogens is 250 g/mol. The second-order valence-electron chi connectivity index (χ2n) is 5.63. The van der Waals surface area contributed by atoms with E-state index in [2.05, 4.69) is 41.3 Å². The van der Waals surface area contributed by atoms with Crippen molar-refractivity contribution in [1.29, 1.82) is 0 Å². The average Bonchev–Trinajstić information content (AvgIpc) is 2.95. The minimum Gasteiger partial charge on any atom is -0.339 e. The molecule has 1 aromatic carbocycles. The molecule has 2 aromatic rings. The van der Waals surface area contributed by atoms with Gasteiger partial charge >= 0.3 is 0 Å². The van der Waals surface area contributed by atoms with Crippen LogP contribution in [0.25, 0.3) is 0 Å². The third kappa shape index (κ3) is 2.75. The van der Waals surface area contributed by atoms with Crippen LogP contribution in [0.3, 0.4) is 0 Å². The summed E-state index contributed by atoms with van der Waals surface area (Å²) in [6.45, 7) is 2.07. The molecule has 2 unspecified atom stereocenters. The highest BCUT2D eigenvalue weighted by Crippen LogP contribution is 2.31. The van der Waals surface area contributed by atoms with E-state index >= 15 is 0 Å². The Hall–Kier alpha value is -1.68. The monoisotopic (exact) mass is 271 g/mol. The highest BCUT2D eigenvalue weighted by molar-refractivity contribution is 5.31. The minimum atomic E-state index is 0.118. The first-order valence-electron chi connectivity index (χ1n) is 7.41. The predicted molar refractivity (Wildman–Crippen MR) is 77.5 cm³/mol. The van der Waals surface area contributed by atoms with Crippen LogP contribution in [0.1, 0.15) is 48.5 Å². The van der Waals surface area contributed by atoms with Gasteiger partial charge in [-0.25, -0.2) is 0 Å². The number of nitrogens with zero attached hydrogens (tertiary/aromatic N) is 2. The zero-order valence-electron chi connectivity index (χ0n) is 11.9. The third-order valence-corrected chi connectivity index (χ3v) is 4.15. The number of nitrogens with two attached hydrogens (primary N) is 1. The summed E-state index contributed by atoms with van der Waals surface area (Å²) in [5.74, 6) is 1.87. The summed E-state index contributed by atoms with van der Waals surface area (Å²) in [6.07, 6.45) is 4.80. The molecule has 0 amide bonds. The molecule has 0 aliphatic heterocycles. The van der Waals surface area contributed by atoms with Crippen LogP contribution >= 0.6 is 0 Å². The number of fused-ring (bicyclic) bond motifs is 1. The maximum Gasteiger partial charge on any atom is 0.230 e. The molecule has 1 aliphatic carbocycles. The van der Waals surface area contributed by atoms with Gasteiger partial charge in [-0.2, -0.15) is 4.98 Å². The van der Waals surface area contributed by atoms with Crippen LogP contribution < -0.4 is 5.73 Å². The molecule has 20 heavy (non-hydrogen) atoms. The molecule has 4 nitrogen and oxygen atoms in total. The Bertz CT molecular complexity index is 579. The van der Waals surface area contributed by atoms with E-state index in [0.29, 0.717) is 12.3 Å². The first-order chi connectivity index (χ1) is 9.76. The Kier molecular flexibility index (Phi) is 3.83. The number of aromatic nitrogens is 2. The van der Waals surface area contributed by atoms with Crippen molar-refractivity contribution < 1.29 is 4.52 Å². The topological polar surface area (TPSA) is 64.9 Å². The average molecular weight is 271 g/mol. The second kappa shape index (κ2) is 5.75. The lowest BCUT2D eigenvalue weighted by atomic mass is 9.84. The molecule has 1 aliphatic rings. The van der Waals surface area contributed by atoms with Crippen LogP contribution in [-0.2, 0) is 19.3 Å². The van der Waals surface area contributed by atoms with Crippen LogP contribution in [-0.4, -0.2) is 16.2 Å². The molecule has 3 rings (SSSR count). The summed E-state index contributed by atoms with van der Waals surface area (Å²) >= 11 is 0. The SMILES string of the molecule is CCC(N)Cc1noc(C2CCc3ccccc3C2)n1. The predicted octanol–water partition coefficient (Wildman–Crippen LogP) is 2.62. The van der Waals surface area contributed by atoms with Gasteiger partial charge in [0.05, 0.1) is 0 Å². The quantitative estimate of drug-likeness (QED) is 0.928. The lowest BCUT2D eigenvalue weighted by Crippen LogP contribution is -2.22. The number of hydrogen-bond donors (Lipinski definition) is 1. The van der Waals surface area contributed by atoms with Crippen LogP contribution in [0.15, 0.2) is 28.8 Å². The van der Waals surface area contributed by atoms with Crippen LogP contribution in [0.4, 0.5) is 0 Å². The number of hydrogen-bond acceptors (Lipinski definition) is 4. The van der Waals surface area contributed by atoms with Gasteiger partial charge in [-0.05, 0) is 36.8 Å². The summed E-state index contributed by atoms with van der Waals surface area (Å²) in [6, 6.07) is 8.74. The molecule has 1 aromatic heterocycles. The Morgan fingerprint density at radius 3 is 2.95 bits per heavy atom. The largest absolute Gasteiger partial charge is 0.339 e. The Labute approximate surface area is 119 Å². The number of rotatable bonds is 4. The van der Waals surface area contributed by atoms with Crippen molar-refractivity contribution >= 4 is 0 Å².